The van der Waals surface area contributed by atoms with Crippen molar-refractivity contribution in [1.82, 2.24) is 14.5 Å². The molecule has 2 aliphatic rings. The van der Waals surface area contributed by atoms with Gasteiger partial charge in [0.1, 0.15) is 6.33 Å². The molecule has 158 valence electrons. The summed E-state index contributed by atoms with van der Waals surface area (Å²) in [4.78, 5) is 33.3. The third-order valence-electron chi connectivity index (χ3n) is 5.88. The molecular formula is C24H25N5O2. The lowest BCUT2D eigenvalue weighted by molar-refractivity contribution is -0.117. The van der Waals surface area contributed by atoms with Crippen LogP contribution in [0.15, 0.2) is 67.1 Å². The molecule has 31 heavy (non-hydrogen) atoms. The molecule has 2 amide bonds. The molecule has 1 N–H and O–H groups in total. The molecule has 1 saturated carbocycles. The van der Waals surface area contributed by atoms with Crippen LogP contribution in [0.1, 0.15) is 23.2 Å². The van der Waals surface area contributed by atoms with Crippen molar-refractivity contribution in [2.45, 2.75) is 12.8 Å². The Morgan fingerprint density at radius 2 is 1.58 bits per heavy atom. The van der Waals surface area contributed by atoms with E-state index in [9.17, 15) is 9.59 Å². The Morgan fingerprint density at radius 3 is 2.26 bits per heavy atom. The summed E-state index contributed by atoms with van der Waals surface area (Å²) in [5.41, 5.74) is 2.77. The maximum atomic E-state index is 12.9. The first kappa shape index (κ1) is 19.4. The number of anilines is 2. The smallest absolute Gasteiger partial charge is 0.253 e. The first-order valence-corrected chi connectivity index (χ1v) is 10.7. The van der Waals surface area contributed by atoms with Gasteiger partial charge in [0.15, 0.2) is 5.82 Å². The van der Waals surface area contributed by atoms with Crippen LogP contribution < -0.4 is 10.2 Å². The Bertz CT molecular complexity index is 1060. The Hall–Kier alpha value is -3.61. The summed E-state index contributed by atoms with van der Waals surface area (Å²) in [6.45, 7) is 3.08. The first-order chi connectivity index (χ1) is 15.2. The largest absolute Gasteiger partial charge is 0.368 e. The number of nitrogens with one attached hydrogen (secondary N) is 1. The number of benzene rings is 2. The second kappa shape index (κ2) is 8.26. The Balaban J connectivity index is 1.20. The molecule has 1 aromatic heterocycles. The number of hydrogen-bond acceptors (Lipinski definition) is 4. The average Bonchev–Trinajstić information content (AvgIpc) is 3.59. The van der Waals surface area contributed by atoms with Crippen molar-refractivity contribution in [2.24, 2.45) is 5.92 Å². The summed E-state index contributed by atoms with van der Waals surface area (Å²) in [5, 5.41) is 2.85. The lowest BCUT2D eigenvalue weighted by Gasteiger charge is -2.36. The maximum absolute atomic E-state index is 12.9. The molecule has 7 nitrogen and oxygen atoms in total. The van der Waals surface area contributed by atoms with Crippen LogP contribution in [-0.2, 0) is 4.79 Å². The number of carbonyl (C=O) groups excluding carboxylic acids is 2. The van der Waals surface area contributed by atoms with Crippen molar-refractivity contribution in [1.29, 1.82) is 0 Å². The minimum absolute atomic E-state index is 0.0403. The number of rotatable bonds is 5. The van der Waals surface area contributed by atoms with Gasteiger partial charge < -0.3 is 19.7 Å². The highest BCUT2D eigenvalue weighted by Crippen LogP contribution is 2.30. The van der Waals surface area contributed by atoms with Crippen molar-refractivity contribution in [3.63, 3.8) is 0 Å². The molecule has 5 rings (SSSR count). The Kier molecular flexibility index (Phi) is 5.16. The molecule has 3 aromatic rings. The summed E-state index contributed by atoms with van der Waals surface area (Å²) in [7, 11) is 0. The number of carbonyl (C=O) groups is 2. The van der Waals surface area contributed by atoms with Gasteiger partial charge in [-0.15, -0.1) is 0 Å². The minimum Gasteiger partial charge on any atom is -0.368 e. The molecule has 0 radical (unpaired) electrons. The molecule has 0 spiro atoms. The van der Waals surface area contributed by atoms with E-state index in [1.165, 1.54) is 5.69 Å². The van der Waals surface area contributed by atoms with E-state index in [-0.39, 0.29) is 17.7 Å². The molecule has 1 saturated heterocycles. The average molecular weight is 415 g/mol. The molecule has 2 aromatic carbocycles. The zero-order valence-corrected chi connectivity index (χ0v) is 17.3. The molecule has 0 bridgehead atoms. The van der Waals surface area contributed by atoms with Gasteiger partial charge >= 0.3 is 0 Å². The van der Waals surface area contributed by atoms with Gasteiger partial charge in [0, 0.05) is 49.0 Å². The summed E-state index contributed by atoms with van der Waals surface area (Å²) in [6.07, 6.45) is 5.38. The van der Waals surface area contributed by atoms with Crippen LogP contribution in [0.5, 0.6) is 0 Å². The lowest BCUT2D eigenvalue weighted by Crippen LogP contribution is -2.48. The second-order valence-electron chi connectivity index (χ2n) is 8.09. The fourth-order valence-corrected chi connectivity index (χ4v) is 3.87. The van der Waals surface area contributed by atoms with Gasteiger partial charge in [-0.1, -0.05) is 18.2 Å². The maximum Gasteiger partial charge on any atom is 0.253 e. The van der Waals surface area contributed by atoms with E-state index >= 15 is 0 Å². The van der Waals surface area contributed by atoms with Crippen LogP contribution in [0.25, 0.3) is 5.69 Å². The second-order valence-corrected chi connectivity index (χ2v) is 8.09. The number of piperazine rings is 1. The van der Waals surface area contributed by atoms with E-state index < -0.39 is 0 Å². The van der Waals surface area contributed by atoms with Crippen molar-refractivity contribution >= 4 is 23.3 Å². The van der Waals surface area contributed by atoms with Crippen molar-refractivity contribution in [3.8, 4) is 5.69 Å². The van der Waals surface area contributed by atoms with Gasteiger partial charge in [0.25, 0.3) is 5.91 Å². The van der Waals surface area contributed by atoms with E-state index in [1.54, 1.807) is 12.5 Å². The molecule has 7 heteroatoms. The highest BCUT2D eigenvalue weighted by Gasteiger charge is 2.30. The van der Waals surface area contributed by atoms with Gasteiger partial charge in [0.2, 0.25) is 5.91 Å². The van der Waals surface area contributed by atoms with Crippen molar-refractivity contribution in [2.75, 3.05) is 36.4 Å². The highest BCUT2D eigenvalue weighted by atomic mass is 16.2. The van der Waals surface area contributed by atoms with Crippen LogP contribution in [0.2, 0.25) is 0 Å². The Labute approximate surface area is 181 Å². The van der Waals surface area contributed by atoms with Crippen LogP contribution in [0, 0.1) is 5.92 Å². The number of nitrogens with zero attached hydrogens (tertiary/aromatic N) is 4. The topological polar surface area (TPSA) is 70.5 Å². The molecule has 0 atom stereocenters. The zero-order valence-electron chi connectivity index (χ0n) is 17.3. The Morgan fingerprint density at radius 1 is 0.871 bits per heavy atom. The predicted molar refractivity (Wildman–Crippen MR) is 119 cm³/mol. The van der Waals surface area contributed by atoms with E-state index in [2.05, 4.69) is 27.3 Å². The third kappa shape index (κ3) is 4.30. The third-order valence-corrected chi connectivity index (χ3v) is 5.88. The molecule has 2 heterocycles. The summed E-state index contributed by atoms with van der Waals surface area (Å²) >= 11 is 0. The first-order valence-electron chi connectivity index (χ1n) is 10.7. The predicted octanol–water partition coefficient (Wildman–Crippen LogP) is 3.18. The van der Waals surface area contributed by atoms with Gasteiger partial charge in [-0.2, -0.15) is 0 Å². The van der Waals surface area contributed by atoms with Gasteiger partial charge in [0.05, 0.1) is 6.20 Å². The normalized spacial score (nSPS) is 16.3. The monoisotopic (exact) mass is 415 g/mol. The van der Waals surface area contributed by atoms with Crippen LogP contribution in [0.4, 0.5) is 11.5 Å². The van der Waals surface area contributed by atoms with Gasteiger partial charge in [-0.25, -0.2) is 4.98 Å². The fourth-order valence-electron chi connectivity index (χ4n) is 3.87. The van der Waals surface area contributed by atoms with Gasteiger partial charge in [-0.05, 0) is 49.2 Å². The van der Waals surface area contributed by atoms with Crippen LogP contribution >= 0.6 is 0 Å². The molecular weight excluding hydrogens is 390 g/mol. The number of para-hydroxylation sites is 1. The van der Waals surface area contributed by atoms with Crippen molar-refractivity contribution < 1.29 is 9.59 Å². The van der Waals surface area contributed by atoms with E-state index in [0.29, 0.717) is 24.5 Å². The minimum atomic E-state index is 0.0403. The van der Waals surface area contributed by atoms with Crippen LogP contribution in [-0.4, -0.2) is 52.4 Å². The quantitative estimate of drug-likeness (QED) is 0.695. The summed E-state index contributed by atoms with van der Waals surface area (Å²) in [6, 6.07) is 17.8. The van der Waals surface area contributed by atoms with E-state index in [0.717, 1.165) is 31.6 Å². The highest BCUT2D eigenvalue weighted by molar-refractivity contribution is 5.94. The molecule has 1 aliphatic heterocycles. The molecule has 2 fully saturated rings. The lowest BCUT2D eigenvalue weighted by atomic mass is 10.1. The number of imidazole rings is 1. The molecule has 1 aliphatic carbocycles. The summed E-state index contributed by atoms with van der Waals surface area (Å²) in [5.74, 6) is 0.791. The van der Waals surface area contributed by atoms with E-state index in [4.69, 9.17) is 0 Å². The number of aromatic nitrogens is 2. The van der Waals surface area contributed by atoms with Crippen LogP contribution in [0.3, 0.4) is 0 Å². The van der Waals surface area contributed by atoms with Crippen molar-refractivity contribution in [3.05, 3.63) is 72.7 Å². The van der Waals surface area contributed by atoms with E-state index in [1.807, 2.05) is 51.9 Å². The standard InChI is InChI=1S/C24H25N5O2/c30-23(18-6-7-18)26-22-16-29(17-25-22)21-10-8-19(9-11-21)24(31)28-14-12-27(13-15-28)20-4-2-1-3-5-20/h1-5,8-11,16-18H,6-7,12-15H2,(H,26,30). The summed E-state index contributed by atoms with van der Waals surface area (Å²) < 4.78 is 1.84. The van der Waals surface area contributed by atoms with Gasteiger partial charge in [-0.3, -0.25) is 9.59 Å². The number of amides is 2. The zero-order chi connectivity index (χ0) is 21.2. The SMILES string of the molecule is O=C(Nc1cn(-c2ccc(C(=O)N3CCN(c4ccccc4)CC3)cc2)cn1)C1CC1. The number of hydrogen-bond donors (Lipinski definition) is 1. The fraction of sp³-hybridized carbons (Fsp3) is 0.292. The molecule has 0 unspecified atom stereocenters.